The van der Waals surface area contributed by atoms with E-state index in [0.29, 0.717) is 4.88 Å². The summed E-state index contributed by atoms with van der Waals surface area (Å²) in [6, 6.07) is 8.16. The molecule has 94 valence electrons. The van der Waals surface area contributed by atoms with Gasteiger partial charge in [-0.3, -0.25) is 4.79 Å². The average molecular weight is 325 g/mol. The van der Waals surface area contributed by atoms with Crippen LogP contribution in [0.4, 0.5) is 5.13 Å². The molecule has 0 spiro atoms. The van der Waals surface area contributed by atoms with E-state index in [1.165, 1.54) is 16.9 Å². The maximum atomic E-state index is 11.2. The number of ketones is 1. The van der Waals surface area contributed by atoms with E-state index >= 15 is 0 Å². The Labute approximate surface area is 119 Å². The lowest BCUT2D eigenvalue weighted by atomic mass is 10.2. The summed E-state index contributed by atoms with van der Waals surface area (Å²) >= 11 is 4.88. The zero-order chi connectivity index (χ0) is 13.1. The molecular formula is C13H13BrN2OS. The topological polar surface area (TPSA) is 33.2 Å². The van der Waals surface area contributed by atoms with Crippen LogP contribution in [0.25, 0.3) is 0 Å². The molecule has 0 radical (unpaired) electrons. The molecule has 2 aromatic rings. The van der Waals surface area contributed by atoms with Crippen LogP contribution < -0.4 is 4.90 Å². The minimum Gasteiger partial charge on any atom is -0.347 e. The highest BCUT2D eigenvalue weighted by molar-refractivity contribution is 9.10. The van der Waals surface area contributed by atoms with Crippen LogP contribution in [0.2, 0.25) is 0 Å². The van der Waals surface area contributed by atoms with E-state index in [-0.39, 0.29) is 5.78 Å². The molecule has 1 aromatic carbocycles. The molecule has 1 heterocycles. The van der Waals surface area contributed by atoms with E-state index < -0.39 is 0 Å². The Kier molecular flexibility index (Phi) is 4.14. The highest BCUT2D eigenvalue weighted by Gasteiger charge is 2.10. The third-order valence-corrected chi connectivity index (χ3v) is 4.18. The quantitative estimate of drug-likeness (QED) is 0.803. The van der Waals surface area contributed by atoms with Crippen molar-refractivity contribution in [3.05, 3.63) is 45.4 Å². The van der Waals surface area contributed by atoms with Gasteiger partial charge < -0.3 is 4.90 Å². The molecule has 0 aliphatic rings. The van der Waals surface area contributed by atoms with E-state index in [2.05, 4.69) is 33.0 Å². The number of thiazole rings is 1. The molecule has 18 heavy (non-hydrogen) atoms. The first-order valence-corrected chi connectivity index (χ1v) is 7.09. The van der Waals surface area contributed by atoms with Crippen molar-refractivity contribution < 1.29 is 4.79 Å². The number of hydrogen-bond acceptors (Lipinski definition) is 4. The number of rotatable bonds is 4. The Morgan fingerprint density at radius 3 is 2.89 bits per heavy atom. The zero-order valence-electron chi connectivity index (χ0n) is 10.2. The summed E-state index contributed by atoms with van der Waals surface area (Å²) in [7, 11) is 1.98. The Morgan fingerprint density at radius 1 is 1.50 bits per heavy atom. The van der Waals surface area contributed by atoms with Crippen LogP contribution in [0.5, 0.6) is 0 Å². The average Bonchev–Trinajstić information content (AvgIpc) is 2.78. The number of carbonyl (C=O) groups is 1. The molecule has 0 aliphatic heterocycles. The highest BCUT2D eigenvalue weighted by atomic mass is 79.9. The van der Waals surface area contributed by atoms with E-state index in [1.54, 1.807) is 13.1 Å². The molecule has 0 saturated carbocycles. The summed E-state index contributed by atoms with van der Waals surface area (Å²) in [5.41, 5.74) is 1.20. The van der Waals surface area contributed by atoms with Crippen molar-refractivity contribution in [3.63, 3.8) is 0 Å². The number of carbonyl (C=O) groups excluding carboxylic acids is 1. The van der Waals surface area contributed by atoms with Gasteiger partial charge in [-0.15, -0.1) is 0 Å². The molecule has 0 saturated heterocycles. The monoisotopic (exact) mass is 324 g/mol. The van der Waals surface area contributed by atoms with Crippen LogP contribution in [-0.4, -0.2) is 17.8 Å². The third-order valence-electron chi connectivity index (χ3n) is 2.48. The van der Waals surface area contributed by atoms with Gasteiger partial charge in [0.2, 0.25) is 0 Å². The van der Waals surface area contributed by atoms with Crippen molar-refractivity contribution in [2.24, 2.45) is 0 Å². The first kappa shape index (κ1) is 13.2. The minimum absolute atomic E-state index is 0.0644. The standard InChI is InChI=1S/C13H13BrN2OS/c1-9(17)12-7-15-13(18-12)16(2)8-10-4-3-5-11(14)6-10/h3-7H,8H2,1-2H3. The van der Waals surface area contributed by atoms with Crippen molar-refractivity contribution in [2.45, 2.75) is 13.5 Å². The Balaban J connectivity index is 2.11. The molecule has 0 atom stereocenters. The van der Waals surface area contributed by atoms with Gasteiger partial charge in [0.15, 0.2) is 10.9 Å². The number of anilines is 1. The fraction of sp³-hybridized carbons (Fsp3) is 0.231. The second-order valence-electron chi connectivity index (χ2n) is 4.05. The van der Waals surface area contributed by atoms with Gasteiger partial charge in [-0.1, -0.05) is 39.4 Å². The second kappa shape index (κ2) is 5.63. The summed E-state index contributed by atoms with van der Waals surface area (Å²) in [6.07, 6.45) is 1.64. The van der Waals surface area contributed by atoms with Gasteiger partial charge in [-0.05, 0) is 17.7 Å². The van der Waals surface area contributed by atoms with Crippen molar-refractivity contribution in [1.82, 2.24) is 4.98 Å². The second-order valence-corrected chi connectivity index (χ2v) is 5.97. The largest absolute Gasteiger partial charge is 0.347 e. The fourth-order valence-electron chi connectivity index (χ4n) is 1.58. The summed E-state index contributed by atoms with van der Waals surface area (Å²) in [5.74, 6) is 0.0644. The summed E-state index contributed by atoms with van der Waals surface area (Å²) < 4.78 is 1.07. The molecule has 1 aromatic heterocycles. The number of aromatic nitrogens is 1. The molecule has 0 N–H and O–H groups in total. The van der Waals surface area contributed by atoms with E-state index in [1.807, 2.05) is 24.1 Å². The van der Waals surface area contributed by atoms with Gasteiger partial charge in [-0.2, -0.15) is 0 Å². The highest BCUT2D eigenvalue weighted by Crippen LogP contribution is 2.23. The first-order chi connectivity index (χ1) is 8.56. The first-order valence-electron chi connectivity index (χ1n) is 5.48. The number of benzene rings is 1. The molecule has 0 aliphatic carbocycles. The van der Waals surface area contributed by atoms with Crippen molar-refractivity contribution in [3.8, 4) is 0 Å². The van der Waals surface area contributed by atoms with Crippen molar-refractivity contribution in [1.29, 1.82) is 0 Å². The molecule has 2 rings (SSSR count). The number of hydrogen-bond donors (Lipinski definition) is 0. The van der Waals surface area contributed by atoms with Crippen LogP contribution in [-0.2, 0) is 6.54 Å². The predicted octanol–water partition coefficient (Wildman–Crippen LogP) is 3.74. The van der Waals surface area contributed by atoms with Gasteiger partial charge in [0.05, 0.1) is 11.1 Å². The maximum absolute atomic E-state index is 11.2. The molecule has 5 heteroatoms. The van der Waals surface area contributed by atoms with Crippen LogP contribution in [0, 0.1) is 0 Å². The molecule has 0 fully saturated rings. The molecular weight excluding hydrogens is 312 g/mol. The van der Waals surface area contributed by atoms with E-state index in [9.17, 15) is 4.79 Å². The van der Waals surface area contributed by atoms with Gasteiger partial charge in [0.25, 0.3) is 0 Å². The van der Waals surface area contributed by atoms with Crippen LogP contribution in [0.15, 0.2) is 34.9 Å². The van der Waals surface area contributed by atoms with E-state index in [0.717, 1.165) is 16.1 Å². The molecule has 3 nitrogen and oxygen atoms in total. The molecule has 0 bridgehead atoms. The number of halogens is 1. The summed E-state index contributed by atoms with van der Waals surface area (Å²) in [5, 5.41) is 0.861. The summed E-state index contributed by atoms with van der Waals surface area (Å²) in [4.78, 5) is 18.2. The zero-order valence-corrected chi connectivity index (χ0v) is 12.6. The van der Waals surface area contributed by atoms with Gasteiger partial charge in [-0.25, -0.2) is 4.98 Å². The Morgan fingerprint density at radius 2 is 2.28 bits per heavy atom. The molecule has 0 unspecified atom stereocenters. The maximum Gasteiger partial charge on any atom is 0.185 e. The fourth-order valence-corrected chi connectivity index (χ4v) is 2.80. The van der Waals surface area contributed by atoms with Crippen LogP contribution >= 0.6 is 27.3 Å². The van der Waals surface area contributed by atoms with E-state index in [4.69, 9.17) is 0 Å². The predicted molar refractivity (Wildman–Crippen MR) is 78.4 cm³/mol. The lowest BCUT2D eigenvalue weighted by molar-refractivity contribution is 0.102. The summed E-state index contributed by atoms with van der Waals surface area (Å²) in [6.45, 7) is 2.33. The SMILES string of the molecule is CC(=O)c1cnc(N(C)Cc2cccc(Br)c2)s1. The lowest BCUT2D eigenvalue weighted by Gasteiger charge is -2.15. The van der Waals surface area contributed by atoms with Gasteiger partial charge in [0.1, 0.15) is 0 Å². The third kappa shape index (κ3) is 3.17. The normalized spacial score (nSPS) is 10.4. The van der Waals surface area contributed by atoms with Gasteiger partial charge in [0, 0.05) is 25.0 Å². The van der Waals surface area contributed by atoms with Crippen molar-refractivity contribution in [2.75, 3.05) is 11.9 Å². The number of Topliss-reactive ketones (excluding diaryl/α,β-unsaturated/α-hetero) is 1. The lowest BCUT2D eigenvalue weighted by Crippen LogP contribution is -2.15. The Bertz CT molecular complexity index is 568. The Hall–Kier alpha value is -1.20. The smallest absolute Gasteiger partial charge is 0.185 e. The van der Waals surface area contributed by atoms with Crippen molar-refractivity contribution >= 4 is 38.2 Å². The van der Waals surface area contributed by atoms with Crippen LogP contribution in [0.1, 0.15) is 22.2 Å². The van der Waals surface area contributed by atoms with Gasteiger partial charge >= 0.3 is 0 Å². The minimum atomic E-state index is 0.0644. The van der Waals surface area contributed by atoms with Crippen LogP contribution in [0.3, 0.4) is 0 Å². The number of nitrogens with zero attached hydrogens (tertiary/aromatic N) is 2. The molecule has 0 amide bonds.